The Hall–Kier alpha value is -1.58. The highest BCUT2D eigenvalue weighted by atomic mass is 35.5. The van der Waals surface area contributed by atoms with Crippen LogP contribution < -0.4 is 10.1 Å². The Morgan fingerprint density at radius 2 is 1.95 bits per heavy atom. The van der Waals surface area contributed by atoms with Gasteiger partial charge in [-0.2, -0.15) is 0 Å². The van der Waals surface area contributed by atoms with Gasteiger partial charge in [0, 0.05) is 24.3 Å². The third-order valence-corrected chi connectivity index (χ3v) is 2.96. The first kappa shape index (κ1) is 14.8. The van der Waals surface area contributed by atoms with Crippen molar-refractivity contribution < 1.29 is 4.74 Å². The number of hydrogen-bond acceptors (Lipinski definition) is 3. The van der Waals surface area contributed by atoms with E-state index in [2.05, 4.69) is 31.1 Å². The van der Waals surface area contributed by atoms with Crippen LogP contribution in [0.15, 0.2) is 42.6 Å². The van der Waals surface area contributed by atoms with Gasteiger partial charge < -0.3 is 10.1 Å². The second-order valence-electron chi connectivity index (χ2n) is 5.62. The Morgan fingerprint density at radius 3 is 2.65 bits per heavy atom. The summed E-state index contributed by atoms with van der Waals surface area (Å²) in [6.45, 7) is 7.06. The smallest absolute Gasteiger partial charge is 0.146 e. The number of ether oxygens (including phenoxy) is 1. The van der Waals surface area contributed by atoms with Crippen LogP contribution in [0.25, 0.3) is 0 Å². The molecule has 0 saturated carbocycles. The fourth-order valence-corrected chi connectivity index (χ4v) is 1.80. The molecule has 0 aliphatic carbocycles. The maximum atomic E-state index is 6.08. The molecule has 0 aliphatic heterocycles. The zero-order valence-electron chi connectivity index (χ0n) is 12.0. The van der Waals surface area contributed by atoms with E-state index < -0.39 is 0 Å². The molecule has 1 N–H and O–H groups in total. The summed E-state index contributed by atoms with van der Waals surface area (Å²) in [5.41, 5.74) is 0.992. The minimum Gasteiger partial charge on any atom is -0.456 e. The Balaban J connectivity index is 2.08. The van der Waals surface area contributed by atoms with Crippen molar-refractivity contribution in [1.82, 2.24) is 10.3 Å². The summed E-state index contributed by atoms with van der Waals surface area (Å²) in [6, 6.07) is 11.2. The molecule has 1 heterocycles. The van der Waals surface area contributed by atoms with Crippen LogP contribution >= 0.6 is 11.6 Å². The second-order valence-corrected chi connectivity index (χ2v) is 6.03. The van der Waals surface area contributed by atoms with Gasteiger partial charge in [-0.3, -0.25) is 4.98 Å². The van der Waals surface area contributed by atoms with E-state index in [-0.39, 0.29) is 5.54 Å². The number of nitrogens with zero attached hydrogens (tertiary/aromatic N) is 1. The lowest BCUT2D eigenvalue weighted by molar-refractivity contribution is 0.419. The number of halogens is 1. The molecule has 3 nitrogen and oxygen atoms in total. The molecule has 0 fully saturated rings. The van der Waals surface area contributed by atoms with Crippen molar-refractivity contribution in [2.24, 2.45) is 0 Å². The van der Waals surface area contributed by atoms with Crippen molar-refractivity contribution in [2.75, 3.05) is 0 Å². The molecule has 0 radical (unpaired) electrons. The maximum Gasteiger partial charge on any atom is 0.146 e. The van der Waals surface area contributed by atoms with Crippen molar-refractivity contribution in [3.05, 3.63) is 53.3 Å². The normalized spacial score (nSPS) is 11.4. The van der Waals surface area contributed by atoms with Crippen molar-refractivity contribution in [2.45, 2.75) is 32.9 Å². The van der Waals surface area contributed by atoms with Crippen LogP contribution in [-0.2, 0) is 6.54 Å². The highest BCUT2D eigenvalue weighted by Gasteiger charge is 2.09. The zero-order valence-corrected chi connectivity index (χ0v) is 12.7. The Bertz CT molecular complexity index is 579. The lowest BCUT2D eigenvalue weighted by atomic mass is 10.1. The predicted octanol–water partition coefficient (Wildman–Crippen LogP) is 4.42. The van der Waals surface area contributed by atoms with Gasteiger partial charge in [0.1, 0.15) is 11.5 Å². The van der Waals surface area contributed by atoms with Crippen molar-refractivity contribution in [3.63, 3.8) is 0 Å². The quantitative estimate of drug-likeness (QED) is 0.905. The van der Waals surface area contributed by atoms with E-state index in [1.807, 2.05) is 30.3 Å². The highest BCUT2D eigenvalue weighted by Crippen LogP contribution is 2.28. The number of aromatic nitrogens is 1. The molecule has 0 atom stereocenters. The number of para-hydroxylation sites is 1. The van der Waals surface area contributed by atoms with Gasteiger partial charge >= 0.3 is 0 Å². The predicted molar refractivity (Wildman–Crippen MR) is 82.4 cm³/mol. The summed E-state index contributed by atoms with van der Waals surface area (Å²) < 4.78 is 5.78. The number of nitrogens with one attached hydrogen (secondary N) is 1. The molecule has 2 rings (SSSR count). The van der Waals surface area contributed by atoms with E-state index in [9.17, 15) is 0 Å². The van der Waals surface area contributed by atoms with Crippen LogP contribution in [0.4, 0.5) is 0 Å². The molecule has 0 saturated heterocycles. The fraction of sp³-hybridized carbons (Fsp3) is 0.312. The van der Waals surface area contributed by atoms with Crippen LogP contribution in [0.3, 0.4) is 0 Å². The summed E-state index contributed by atoms with van der Waals surface area (Å²) in [7, 11) is 0. The summed E-state index contributed by atoms with van der Waals surface area (Å²) in [5.74, 6) is 1.38. The van der Waals surface area contributed by atoms with E-state index in [0.29, 0.717) is 17.3 Å². The molecular formula is C16H19ClN2O. The van der Waals surface area contributed by atoms with E-state index >= 15 is 0 Å². The molecule has 4 heteroatoms. The first-order valence-corrected chi connectivity index (χ1v) is 6.94. The van der Waals surface area contributed by atoms with Gasteiger partial charge in [0.05, 0.1) is 10.7 Å². The Morgan fingerprint density at radius 1 is 1.20 bits per heavy atom. The fourth-order valence-electron chi connectivity index (χ4n) is 1.63. The maximum absolute atomic E-state index is 6.08. The van der Waals surface area contributed by atoms with Gasteiger partial charge in [0.25, 0.3) is 0 Å². The van der Waals surface area contributed by atoms with Gasteiger partial charge in [0.15, 0.2) is 0 Å². The monoisotopic (exact) mass is 290 g/mol. The molecule has 0 amide bonds. The summed E-state index contributed by atoms with van der Waals surface area (Å²) >= 11 is 6.08. The largest absolute Gasteiger partial charge is 0.456 e. The van der Waals surface area contributed by atoms with E-state index in [4.69, 9.17) is 16.3 Å². The molecule has 1 aromatic carbocycles. The van der Waals surface area contributed by atoms with Gasteiger partial charge in [-0.05, 0) is 39.0 Å². The van der Waals surface area contributed by atoms with Crippen LogP contribution in [0.2, 0.25) is 5.02 Å². The third kappa shape index (κ3) is 4.51. The average molecular weight is 291 g/mol. The molecule has 0 bridgehead atoms. The van der Waals surface area contributed by atoms with Crippen LogP contribution in [0.1, 0.15) is 26.5 Å². The SMILES string of the molecule is CC(C)(C)NCc1cc(Oc2ccccc2Cl)ccn1. The van der Waals surface area contributed by atoms with Gasteiger partial charge in [0.2, 0.25) is 0 Å². The van der Waals surface area contributed by atoms with E-state index in [1.54, 1.807) is 12.3 Å². The lowest BCUT2D eigenvalue weighted by Gasteiger charge is -2.20. The van der Waals surface area contributed by atoms with Gasteiger partial charge in [-0.1, -0.05) is 23.7 Å². The van der Waals surface area contributed by atoms with Crippen molar-refractivity contribution in [3.8, 4) is 11.5 Å². The molecule has 20 heavy (non-hydrogen) atoms. The number of pyridine rings is 1. The first-order chi connectivity index (χ1) is 9.44. The first-order valence-electron chi connectivity index (χ1n) is 6.56. The van der Waals surface area contributed by atoms with Crippen LogP contribution in [-0.4, -0.2) is 10.5 Å². The van der Waals surface area contributed by atoms with Crippen molar-refractivity contribution >= 4 is 11.6 Å². The molecule has 0 aliphatic rings. The third-order valence-electron chi connectivity index (χ3n) is 2.65. The van der Waals surface area contributed by atoms with Crippen LogP contribution in [0.5, 0.6) is 11.5 Å². The highest BCUT2D eigenvalue weighted by molar-refractivity contribution is 6.32. The van der Waals surface area contributed by atoms with Gasteiger partial charge in [-0.15, -0.1) is 0 Å². The Labute approximate surface area is 124 Å². The van der Waals surface area contributed by atoms with E-state index in [1.165, 1.54) is 0 Å². The average Bonchev–Trinajstić information content (AvgIpc) is 2.39. The molecule has 106 valence electrons. The molecule has 2 aromatic rings. The number of benzene rings is 1. The topological polar surface area (TPSA) is 34.1 Å². The molecule has 0 spiro atoms. The lowest BCUT2D eigenvalue weighted by Crippen LogP contribution is -2.35. The minimum atomic E-state index is 0.0568. The second kappa shape index (κ2) is 6.25. The van der Waals surface area contributed by atoms with Crippen LogP contribution in [0, 0.1) is 0 Å². The van der Waals surface area contributed by atoms with Crippen molar-refractivity contribution in [1.29, 1.82) is 0 Å². The summed E-state index contributed by atoms with van der Waals surface area (Å²) in [5, 5.41) is 3.99. The number of rotatable bonds is 4. The molecule has 1 aromatic heterocycles. The number of hydrogen-bond donors (Lipinski definition) is 1. The summed E-state index contributed by atoms with van der Waals surface area (Å²) in [6.07, 6.45) is 1.74. The molecular weight excluding hydrogens is 272 g/mol. The van der Waals surface area contributed by atoms with E-state index in [0.717, 1.165) is 11.4 Å². The Kier molecular flexibility index (Phi) is 4.63. The minimum absolute atomic E-state index is 0.0568. The zero-order chi connectivity index (χ0) is 14.6. The molecule has 0 unspecified atom stereocenters. The standard InChI is InChI=1S/C16H19ClN2O/c1-16(2,3)19-11-12-10-13(8-9-18-12)20-15-7-5-4-6-14(15)17/h4-10,19H,11H2,1-3H3. The summed E-state index contributed by atoms with van der Waals surface area (Å²) in [4.78, 5) is 4.33. The van der Waals surface area contributed by atoms with Gasteiger partial charge in [-0.25, -0.2) is 0 Å².